The van der Waals surface area contributed by atoms with E-state index in [0.717, 1.165) is 17.9 Å². The second-order valence-corrected chi connectivity index (χ2v) is 7.36. The van der Waals surface area contributed by atoms with E-state index in [-0.39, 0.29) is 12.0 Å². The second-order valence-electron chi connectivity index (χ2n) is 6.33. The summed E-state index contributed by atoms with van der Waals surface area (Å²) in [6.07, 6.45) is 2.58. The standard InChI is InChI=1S/C21H23NO3S/c1-16(2)25-18-9-7-17(8-10-18)21(23)22(15-19-5-3-13-24-19)12-11-20-6-4-14-26-20/h3-10,13-14,16H,11-12,15H2,1-2H3. The molecular formula is C21H23NO3S. The van der Waals surface area contributed by atoms with E-state index in [1.165, 1.54) is 4.88 Å². The molecule has 0 aliphatic heterocycles. The van der Waals surface area contributed by atoms with E-state index in [4.69, 9.17) is 9.15 Å². The first-order valence-electron chi connectivity index (χ1n) is 8.72. The Labute approximate surface area is 158 Å². The number of amides is 1. The number of carbonyl (C=O) groups excluding carboxylic acids is 1. The molecule has 0 unspecified atom stereocenters. The van der Waals surface area contributed by atoms with Crippen LogP contribution in [0.15, 0.2) is 64.6 Å². The third-order valence-electron chi connectivity index (χ3n) is 3.90. The van der Waals surface area contributed by atoms with Crippen molar-refractivity contribution in [1.82, 2.24) is 4.90 Å². The second kappa shape index (κ2) is 8.72. The lowest BCUT2D eigenvalue weighted by atomic mass is 10.1. The van der Waals surface area contributed by atoms with Crippen molar-refractivity contribution in [2.75, 3.05) is 6.54 Å². The first-order chi connectivity index (χ1) is 12.6. The van der Waals surface area contributed by atoms with Crippen molar-refractivity contribution in [1.29, 1.82) is 0 Å². The molecule has 0 saturated carbocycles. The van der Waals surface area contributed by atoms with Gasteiger partial charge in [-0.05, 0) is 68.1 Å². The lowest BCUT2D eigenvalue weighted by molar-refractivity contribution is 0.0734. The Kier molecular flexibility index (Phi) is 6.12. The van der Waals surface area contributed by atoms with Crippen LogP contribution in [0.4, 0.5) is 0 Å². The minimum Gasteiger partial charge on any atom is -0.491 e. The fraction of sp³-hybridized carbons (Fsp3) is 0.286. The largest absolute Gasteiger partial charge is 0.491 e. The molecule has 1 amide bonds. The zero-order chi connectivity index (χ0) is 18.4. The van der Waals surface area contributed by atoms with Crippen molar-refractivity contribution in [3.63, 3.8) is 0 Å². The van der Waals surface area contributed by atoms with Crippen LogP contribution in [-0.2, 0) is 13.0 Å². The number of thiophene rings is 1. The SMILES string of the molecule is CC(C)Oc1ccc(C(=O)N(CCc2cccs2)Cc2ccco2)cc1. The minimum atomic E-state index is -0.00551. The Morgan fingerprint density at radius 2 is 1.96 bits per heavy atom. The molecular weight excluding hydrogens is 346 g/mol. The number of ether oxygens (including phenoxy) is 1. The molecule has 26 heavy (non-hydrogen) atoms. The van der Waals surface area contributed by atoms with Crippen LogP contribution in [0.2, 0.25) is 0 Å². The number of benzene rings is 1. The van der Waals surface area contributed by atoms with Gasteiger partial charge >= 0.3 is 0 Å². The van der Waals surface area contributed by atoms with E-state index in [9.17, 15) is 4.79 Å². The number of rotatable bonds is 8. The summed E-state index contributed by atoms with van der Waals surface area (Å²) in [6, 6.07) is 15.2. The molecule has 0 fully saturated rings. The number of carbonyl (C=O) groups is 1. The number of hydrogen-bond acceptors (Lipinski definition) is 4. The van der Waals surface area contributed by atoms with Crippen LogP contribution in [0.3, 0.4) is 0 Å². The summed E-state index contributed by atoms with van der Waals surface area (Å²) in [7, 11) is 0. The van der Waals surface area contributed by atoms with Gasteiger partial charge < -0.3 is 14.1 Å². The van der Waals surface area contributed by atoms with Gasteiger partial charge in [0.15, 0.2) is 0 Å². The highest BCUT2D eigenvalue weighted by molar-refractivity contribution is 7.09. The first kappa shape index (κ1) is 18.3. The smallest absolute Gasteiger partial charge is 0.254 e. The van der Waals surface area contributed by atoms with Gasteiger partial charge in [-0.1, -0.05) is 6.07 Å². The Balaban J connectivity index is 1.72. The number of furan rings is 1. The van der Waals surface area contributed by atoms with Gasteiger partial charge in [0, 0.05) is 17.0 Å². The molecule has 5 heteroatoms. The summed E-state index contributed by atoms with van der Waals surface area (Å²) in [5.41, 5.74) is 0.652. The van der Waals surface area contributed by atoms with Crippen LogP contribution in [0.5, 0.6) is 5.75 Å². The summed E-state index contributed by atoms with van der Waals surface area (Å²) in [5.74, 6) is 1.55. The molecule has 0 aliphatic carbocycles. The van der Waals surface area contributed by atoms with Gasteiger partial charge in [0.25, 0.3) is 5.91 Å². The molecule has 0 aliphatic rings. The van der Waals surface area contributed by atoms with E-state index in [0.29, 0.717) is 18.7 Å². The van der Waals surface area contributed by atoms with Crippen LogP contribution < -0.4 is 4.74 Å². The Bertz CT molecular complexity index is 792. The van der Waals surface area contributed by atoms with Crippen LogP contribution in [0.25, 0.3) is 0 Å². The van der Waals surface area contributed by atoms with Crippen LogP contribution in [-0.4, -0.2) is 23.5 Å². The van der Waals surface area contributed by atoms with Crippen LogP contribution in [0.1, 0.15) is 34.8 Å². The highest BCUT2D eigenvalue weighted by atomic mass is 32.1. The quantitative estimate of drug-likeness (QED) is 0.560. The molecule has 0 atom stereocenters. The topological polar surface area (TPSA) is 42.7 Å². The van der Waals surface area contributed by atoms with Crippen molar-refractivity contribution in [2.45, 2.75) is 32.9 Å². The van der Waals surface area contributed by atoms with Crippen molar-refractivity contribution >= 4 is 17.2 Å². The molecule has 2 heterocycles. The van der Waals surface area contributed by atoms with E-state index < -0.39 is 0 Å². The van der Waals surface area contributed by atoms with Crippen molar-refractivity contribution in [2.24, 2.45) is 0 Å². The third kappa shape index (κ3) is 4.99. The average molecular weight is 369 g/mol. The summed E-state index contributed by atoms with van der Waals surface area (Å²) in [5, 5.41) is 2.06. The molecule has 3 aromatic rings. The highest BCUT2D eigenvalue weighted by Crippen LogP contribution is 2.18. The monoisotopic (exact) mass is 369 g/mol. The van der Waals surface area contributed by atoms with Crippen molar-refractivity contribution in [3.05, 3.63) is 76.4 Å². The predicted octanol–water partition coefficient (Wildman–Crippen LogP) is 5.01. The lowest BCUT2D eigenvalue weighted by Crippen LogP contribution is -2.32. The van der Waals surface area contributed by atoms with Gasteiger partial charge in [-0.25, -0.2) is 0 Å². The van der Waals surface area contributed by atoms with Crippen molar-refractivity contribution in [3.8, 4) is 5.75 Å². The molecule has 0 saturated heterocycles. The molecule has 0 radical (unpaired) electrons. The molecule has 0 N–H and O–H groups in total. The van der Waals surface area contributed by atoms with Crippen LogP contribution in [0, 0.1) is 0 Å². The van der Waals surface area contributed by atoms with E-state index in [1.807, 2.05) is 61.2 Å². The Morgan fingerprint density at radius 3 is 2.58 bits per heavy atom. The molecule has 3 rings (SSSR count). The Morgan fingerprint density at radius 1 is 1.15 bits per heavy atom. The maximum atomic E-state index is 13.0. The van der Waals surface area contributed by atoms with E-state index in [2.05, 4.69) is 11.4 Å². The number of nitrogens with zero attached hydrogens (tertiary/aromatic N) is 1. The predicted molar refractivity (Wildman–Crippen MR) is 104 cm³/mol. The van der Waals surface area contributed by atoms with Crippen molar-refractivity contribution < 1.29 is 13.9 Å². The fourth-order valence-electron chi connectivity index (χ4n) is 2.67. The maximum Gasteiger partial charge on any atom is 0.254 e. The Hall–Kier alpha value is -2.53. The van der Waals surface area contributed by atoms with Gasteiger partial charge in [0.1, 0.15) is 11.5 Å². The first-order valence-corrected chi connectivity index (χ1v) is 9.60. The van der Waals surface area contributed by atoms with Gasteiger partial charge in [-0.3, -0.25) is 4.79 Å². The molecule has 1 aromatic carbocycles. The normalized spacial score (nSPS) is 10.9. The fourth-order valence-corrected chi connectivity index (χ4v) is 3.37. The average Bonchev–Trinajstić information content (AvgIpc) is 3.32. The molecule has 0 spiro atoms. The lowest BCUT2D eigenvalue weighted by Gasteiger charge is -2.22. The zero-order valence-corrected chi connectivity index (χ0v) is 15.9. The van der Waals surface area contributed by atoms with E-state index in [1.54, 1.807) is 17.6 Å². The number of hydrogen-bond donors (Lipinski definition) is 0. The van der Waals surface area contributed by atoms with Crippen LogP contribution >= 0.6 is 11.3 Å². The summed E-state index contributed by atoms with van der Waals surface area (Å²) >= 11 is 1.71. The molecule has 0 bridgehead atoms. The highest BCUT2D eigenvalue weighted by Gasteiger charge is 2.18. The van der Waals surface area contributed by atoms with Gasteiger partial charge in [0.2, 0.25) is 0 Å². The zero-order valence-electron chi connectivity index (χ0n) is 15.1. The summed E-state index contributed by atoms with van der Waals surface area (Å²) in [4.78, 5) is 16.1. The third-order valence-corrected chi connectivity index (χ3v) is 4.83. The van der Waals surface area contributed by atoms with Gasteiger partial charge in [-0.2, -0.15) is 0 Å². The maximum absolute atomic E-state index is 13.0. The minimum absolute atomic E-state index is 0.00551. The summed E-state index contributed by atoms with van der Waals surface area (Å²) < 4.78 is 11.1. The molecule has 2 aromatic heterocycles. The van der Waals surface area contributed by atoms with Gasteiger partial charge in [0.05, 0.1) is 18.9 Å². The molecule has 136 valence electrons. The summed E-state index contributed by atoms with van der Waals surface area (Å²) in [6.45, 7) is 5.06. The van der Waals surface area contributed by atoms with E-state index >= 15 is 0 Å². The van der Waals surface area contributed by atoms with Gasteiger partial charge in [-0.15, -0.1) is 11.3 Å². The molecule has 4 nitrogen and oxygen atoms in total.